The molecule has 1 unspecified atom stereocenters. The van der Waals surface area contributed by atoms with Gasteiger partial charge in [-0.3, -0.25) is 4.99 Å². The second kappa shape index (κ2) is 10.5. The van der Waals surface area contributed by atoms with Crippen LogP contribution in [0.15, 0.2) is 4.99 Å². The Balaban J connectivity index is 1.99. The lowest BCUT2D eigenvalue weighted by Crippen LogP contribution is -2.41. The Labute approximate surface area is 114 Å². The molecular weight excluding hydrogens is 250 g/mol. The van der Waals surface area contributed by atoms with Crippen molar-refractivity contribution in [1.82, 2.24) is 10.6 Å². The quantitative estimate of drug-likeness (QED) is 0.388. The van der Waals surface area contributed by atoms with E-state index in [0.717, 1.165) is 24.3 Å². The second-order valence-corrected chi connectivity index (χ2v) is 5.53. The van der Waals surface area contributed by atoms with Crippen molar-refractivity contribution >= 4 is 17.7 Å². The molecule has 1 heterocycles. The van der Waals surface area contributed by atoms with Crippen LogP contribution < -0.4 is 10.6 Å². The standard InChI is InChI=1S/C12H25N3O2S/c1-13-12(14-5-6-17-8-7-16-2)15-10-11-4-3-9-18-11/h11H,3-10H2,1-2H3,(H2,13,14,15). The number of rotatable bonds is 8. The van der Waals surface area contributed by atoms with E-state index in [0.29, 0.717) is 19.8 Å². The number of methoxy groups -OCH3 is 1. The maximum absolute atomic E-state index is 5.37. The Bertz CT molecular complexity index is 233. The third-order valence-electron chi connectivity index (χ3n) is 2.72. The molecule has 0 amide bonds. The van der Waals surface area contributed by atoms with Crippen LogP contribution in [0.2, 0.25) is 0 Å². The van der Waals surface area contributed by atoms with Gasteiger partial charge < -0.3 is 20.1 Å². The van der Waals surface area contributed by atoms with Gasteiger partial charge in [0.1, 0.15) is 0 Å². The van der Waals surface area contributed by atoms with Gasteiger partial charge in [0.25, 0.3) is 0 Å². The molecule has 6 heteroatoms. The van der Waals surface area contributed by atoms with Gasteiger partial charge in [-0.1, -0.05) is 0 Å². The summed E-state index contributed by atoms with van der Waals surface area (Å²) in [4.78, 5) is 4.19. The minimum absolute atomic E-state index is 0.642. The minimum Gasteiger partial charge on any atom is -0.382 e. The molecule has 106 valence electrons. The van der Waals surface area contributed by atoms with Gasteiger partial charge in [0.2, 0.25) is 0 Å². The fourth-order valence-electron chi connectivity index (χ4n) is 1.72. The molecule has 1 saturated heterocycles. The van der Waals surface area contributed by atoms with Gasteiger partial charge in [-0.05, 0) is 18.6 Å². The van der Waals surface area contributed by atoms with Crippen molar-refractivity contribution in [2.75, 3.05) is 52.8 Å². The first kappa shape index (κ1) is 15.6. The zero-order valence-electron chi connectivity index (χ0n) is 11.4. The van der Waals surface area contributed by atoms with E-state index >= 15 is 0 Å². The highest BCUT2D eigenvalue weighted by Crippen LogP contribution is 2.25. The molecule has 5 nitrogen and oxygen atoms in total. The lowest BCUT2D eigenvalue weighted by molar-refractivity contribution is 0.0733. The average Bonchev–Trinajstić information content (AvgIpc) is 2.90. The number of aliphatic imine (C=N–C) groups is 1. The van der Waals surface area contributed by atoms with Gasteiger partial charge in [0, 0.05) is 32.5 Å². The van der Waals surface area contributed by atoms with Crippen LogP contribution in [0, 0.1) is 0 Å². The van der Waals surface area contributed by atoms with Crippen molar-refractivity contribution in [3.63, 3.8) is 0 Å². The SMILES string of the molecule is CN=C(NCCOCCOC)NCC1CCCS1. The van der Waals surface area contributed by atoms with Crippen molar-refractivity contribution in [2.45, 2.75) is 18.1 Å². The predicted molar refractivity (Wildman–Crippen MR) is 77.5 cm³/mol. The van der Waals surface area contributed by atoms with Gasteiger partial charge in [-0.15, -0.1) is 0 Å². The van der Waals surface area contributed by atoms with Crippen LogP contribution >= 0.6 is 11.8 Å². The Morgan fingerprint density at radius 3 is 2.89 bits per heavy atom. The third kappa shape index (κ3) is 7.08. The minimum atomic E-state index is 0.642. The van der Waals surface area contributed by atoms with Crippen molar-refractivity contribution in [1.29, 1.82) is 0 Å². The summed E-state index contributed by atoms with van der Waals surface area (Å²) >= 11 is 2.05. The Kier molecular flexibility index (Phi) is 9.06. The summed E-state index contributed by atoms with van der Waals surface area (Å²) in [5.41, 5.74) is 0. The molecule has 1 fully saturated rings. The number of nitrogens with one attached hydrogen (secondary N) is 2. The normalized spacial score (nSPS) is 20.1. The van der Waals surface area contributed by atoms with E-state index in [4.69, 9.17) is 9.47 Å². The molecule has 0 bridgehead atoms. The molecule has 0 radical (unpaired) electrons. The molecule has 1 rings (SSSR count). The summed E-state index contributed by atoms with van der Waals surface area (Å²) in [5.74, 6) is 2.16. The fourth-order valence-corrected chi connectivity index (χ4v) is 2.92. The maximum atomic E-state index is 5.37. The Hall–Kier alpha value is -0.460. The topological polar surface area (TPSA) is 54.9 Å². The van der Waals surface area contributed by atoms with Gasteiger partial charge in [-0.2, -0.15) is 11.8 Å². The van der Waals surface area contributed by atoms with Gasteiger partial charge in [-0.25, -0.2) is 0 Å². The first-order valence-electron chi connectivity index (χ1n) is 6.49. The van der Waals surface area contributed by atoms with Crippen LogP contribution in [-0.4, -0.2) is 64.0 Å². The number of ether oxygens (including phenoxy) is 2. The van der Waals surface area contributed by atoms with Crippen LogP contribution in [-0.2, 0) is 9.47 Å². The number of guanidine groups is 1. The summed E-state index contributed by atoms with van der Waals surface area (Å²) in [6.45, 7) is 3.72. The largest absolute Gasteiger partial charge is 0.382 e. The average molecular weight is 275 g/mol. The zero-order chi connectivity index (χ0) is 13.1. The van der Waals surface area contributed by atoms with E-state index in [1.807, 2.05) is 11.8 Å². The lowest BCUT2D eigenvalue weighted by atomic mass is 10.2. The molecule has 1 aliphatic heterocycles. The fraction of sp³-hybridized carbons (Fsp3) is 0.917. The molecule has 0 spiro atoms. The van der Waals surface area contributed by atoms with E-state index in [2.05, 4.69) is 15.6 Å². The number of hydrogen-bond acceptors (Lipinski definition) is 4. The van der Waals surface area contributed by atoms with Crippen molar-refractivity contribution in [2.24, 2.45) is 4.99 Å². The monoisotopic (exact) mass is 275 g/mol. The highest BCUT2D eigenvalue weighted by molar-refractivity contribution is 8.00. The smallest absolute Gasteiger partial charge is 0.191 e. The second-order valence-electron chi connectivity index (χ2n) is 4.12. The van der Waals surface area contributed by atoms with Crippen LogP contribution in [0.1, 0.15) is 12.8 Å². The van der Waals surface area contributed by atoms with E-state index in [-0.39, 0.29) is 0 Å². The van der Waals surface area contributed by atoms with Gasteiger partial charge in [0.15, 0.2) is 5.96 Å². The highest BCUT2D eigenvalue weighted by atomic mass is 32.2. The van der Waals surface area contributed by atoms with Gasteiger partial charge in [0.05, 0.1) is 19.8 Å². The molecule has 0 aliphatic carbocycles. The first-order valence-corrected chi connectivity index (χ1v) is 7.54. The van der Waals surface area contributed by atoms with Crippen molar-refractivity contribution < 1.29 is 9.47 Å². The Morgan fingerprint density at radius 1 is 1.33 bits per heavy atom. The molecule has 0 aromatic rings. The molecule has 1 aliphatic rings. The van der Waals surface area contributed by atoms with E-state index in [1.54, 1.807) is 14.2 Å². The van der Waals surface area contributed by atoms with Crippen molar-refractivity contribution in [3.05, 3.63) is 0 Å². The van der Waals surface area contributed by atoms with Crippen LogP contribution in [0.5, 0.6) is 0 Å². The van der Waals surface area contributed by atoms with E-state index in [9.17, 15) is 0 Å². The lowest BCUT2D eigenvalue weighted by Gasteiger charge is -2.14. The van der Waals surface area contributed by atoms with Crippen LogP contribution in [0.4, 0.5) is 0 Å². The third-order valence-corrected chi connectivity index (χ3v) is 4.11. The molecule has 0 aromatic carbocycles. The maximum Gasteiger partial charge on any atom is 0.191 e. The first-order chi connectivity index (χ1) is 8.86. The Morgan fingerprint density at radius 2 is 2.22 bits per heavy atom. The zero-order valence-corrected chi connectivity index (χ0v) is 12.2. The number of hydrogen-bond donors (Lipinski definition) is 2. The molecule has 0 aromatic heterocycles. The summed E-state index contributed by atoms with van der Waals surface area (Å²) in [7, 11) is 3.47. The highest BCUT2D eigenvalue weighted by Gasteiger charge is 2.15. The summed E-state index contributed by atoms with van der Waals surface area (Å²) < 4.78 is 10.3. The van der Waals surface area contributed by atoms with E-state index < -0.39 is 0 Å². The predicted octanol–water partition coefficient (Wildman–Crippen LogP) is 0.710. The summed E-state index contributed by atoms with van der Waals surface area (Å²) in [6.07, 6.45) is 2.66. The summed E-state index contributed by atoms with van der Waals surface area (Å²) in [6, 6.07) is 0. The van der Waals surface area contributed by atoms with E-state index in [1.165, 1.54) is 18.6 Å². The molecule has 18 heavy (non-hydrogen) atoms. The molecule has 1 atom stereocenters. The van der Waals surface area contributed by atoms with Gasteiger partial charge >= 0.3 is 0 Å². The number of nitrogens with zero attached hydrogens (tertiary/aromatic N) is 1. The van der Waals surface area contributed by atoms with Crippen molar-refractivity contribution in [3.8, 4) is 0 Å². The van der Waals surface area contributed by atoms with Crippen LogP contribution in [0.25, 0.3) is 0 Å². The molecular formula is C12H25N3O2S. The van der Waals surface area contributed by atoms with Crippen LogP contribution in [0.3, 0.4) is 0 Å². The molecule has 0 saturated carbocycles. The summed E-state index contributed by atoms with van der Waals surface area (Å²) in [5, 5.41) is 7.32. The molecule has 2 N–H and O–H groups in total. The number of thioether (sulfide) groups is 1.